The molecule has 2 unspecified atom stereocenters. The van der Waals surface area contributed by atoms with E-state index in [-0.39, 0.29) is 0 Å². The summed E-state index contributed by atoms with van der Waals surface area (Å²) < 4.78 is 0. The molecule has 1 N–H and O–H groups in total. The summed E-state index contributed by atoms with van der Waals surface area (Å²) in [6, 6.07) is 35.0. The first kappa shape index (κ1) is 19.0. The van der Waals surface area contributed by atoms with Crippen molar-refractivity contribution in [1.82, 2.24) is 0 Å². The van der Waals surface area contributed by atoms with E-state index in [0.717, 1.165) is 0 Å². The van der Waals surface area contributed by atoms with Crippen LogP contribution in [-0.2, 0) is 0 Å². The van der Waals surface area contributed by atoms with Crippen LogP contribution in [0.1, 0.15) is 47.9 Å². The molecule has 0 bridgehead atoms. The van der Waals surface area contributed by atoms with Crippen LogP contribution < -0.4 is 5.32 Å². The molecule has 148 valence electrons. The molecule has 0 spiro atoms. The van der Waals surface area contributed by atoms with Crippen molar-refractivity contribution in [2.45, 2.75) is 35.5 Å². The second-order valence-corrected chi connectivity index (χ2v) is 9.03. The maximum Gasteiger partial charge on any atom is 0.0532 e. The van der Waals surface area contributed by atoms with Crippen LogP contribution in [-0.4, -0.2) is 0 Å². The molecule has 1 nitrogen and oxygen atoms in total. The first-order valence-electron chi connectivity index (χ1n) is 10.5. The van der Waals surface area contributed by atoms with E-state index in [1.807, 2.05) is 11.8 Å². The molecule has 0 saturated carbocycles. The third kappa shape index (κ3) is 3.53. The topological polar surface area (TPSA) is 12.0 Å². The van der Waals surface area contributed by atoms with Crippen molar-refractivity contribution in [2.24, 2.45) is 0 Å². The average molecular weight is 408 g/mol. The van der Waals surface area contributed by atoms with Crippen LogP contribution in [0.3, 0.4) is 0 Å². The molecule has 2 heteroatoms. The smallest absolute Gasteiger partial charge is 0.0532 e. The third-order valence-corrected chi connectivity index (χ3v) is 7.31. The van der Waals surface area contributed by atoms with Crippen molar-refractivity contribution in [2.75, 3.05) is 5.32 Å². The Bertz CT molecular complexity index is 1170. The Hall–Kier alpha value is -2.97. The largest absolute Gasteiger partial charge is 0.354 e. The zero-order valence-electron chi connectivity index (χ0n) is 17.3. The Balaban J connectivity index is 1.64. The third-order valence-electron chi connectivity index (χ3n) is 6.07. The lowest BCUT2D eigenvalue weighted by Crippen LogP contribution is -2.08. The minimum Gasteiger partial charge on any atom is -0.354 e. The number of fused-ring (bicyclic) bond motifs is 2. The lowest BCUT2D eigenvalue weighted by atomic mass is 9.86. The molecule has 30 heavy (non-hydrogen) atoms. The molecule has 0 aliphatic carbocycles. The molecule has 2 atom stereocenters. The van der Waals surface area contributed by atoms with Gasteiger partial charge in [-0.25, -0.2) is 0 Å². The highest BCUT2D eigenvalue weighted by Crippen LogP contribution is 2.49. The average Bonchev–Trinajstić information content (AvgIpc) is 2.82. The van der Waals surface area contributed by atoms with Gasteiger partial charge in [0.25, 0.3) is 0 Å². The predicted molar refractivity (Wildman–Crippen MR) is 128 cm³/mol. The summed E-state index contributed by atoms with van der Waals surface area (Å²) in [7, 11) is 0. The van der Waals surface area contributed by atoms with Gasteiger partial charge in [-0.3, -0.25) is 0 Å². The molecule has 1 aliphatic rings. The van der Waals surface area contributed by atoms with Gasteiger partial charge in [-0.05, 0) is 40.5 Å². The van der Waals surface area contributed by atoms with Crippen LogP contribution >= 0.6 is 11.8 Å². The highest BCUT2D eigenvalue weighted by molar-refractivity contribution is 7.99. The molecular formula is C28H25NS. The molecule has 1 heterocycles. The Labute approximate surface area is 183 Å². The zero-order chi connectivity index (χ0) is 20.5. The van der Waals surface area contributed by atoms with Gasteiger partial charge in [0.2, 0.25) is 0 Å². The van der Waals surface area contributed by atoms with Gasteiger partial charge in [0, 0.05) is 21.6 Å². The molecule has 0 aromatic heterocycles. The minimum absolute atomic E-state index is 0.322. The summed E-state index contributed by atoms with van der Waals surface area (Å²) in [5.74, 6) is 0.657. The predicted octanol–water partition coefficient (Wildman–Crippen LogP) is 8.20. The summed E-state index contributed by atoms with van der Waals surface area (Å²) in [6.07, 6.45) is 0. The van der Waals surface area contributed by atoms with E-state index < -0.39 is 0 Å². The number of anilines is 2. The summed E-state index contributed by atoms with van der Waals surface area (Å²) >= 11 is 1.89. The highest BCUT2D eigenvalue weighted by Gasteiger charge is 2.24. The van der Waals surface area contributed by atoms with Crippen molar-refractivity contribution in [1.29, 1.82) is 0 Å². The Kier molecular flexibility index (Phi) is 5.10. The van der Waals surface area contributed by atoms with Crippen LogP contribution in [0.4, 0.5) is 11.4 Å². The lowest BCUT2D eigenvalue weighted by Gasteiger charge is -2.28. The maximum absolute atomic E-state index is 3.71. The fourth-order valence-corrected chi connectivity index (χ4v) is 5.39. The lowest BCUT2D eigenvalue weighted by molar-refractivity contribution is 0.866. The van der Waals surface area contributed by atoms with Crippen molar-refractivity contribution < 1.29 is 0 Å². The van der Waals surface area contributed by atoms with Gasteiger partial charge < -0.3 is 5.32 Å². The van der Waals surface area contributed by atoms with E-state index >= 15 is 0 Å². The van der Waals surface area contributed by atoms with Crippen molar-refractivity contribution >= 4 is 23.1 Å². The molecular weight excluding hydrogens is 382 g/mol. The van der Waals surface area contributed by atoms with Gasteiger partial charge in [-0.2, -0.15) is 0 Å². The number of para-hydroxylation sites is 1. The quantitative estimate of drug-likeness (QED) is 0.322. The van der Waals surface area contributed by atoms with Crippen LogP contribution in [0.15, 0.2) is 107 Å². The van der Waals surface area contributed by atoms with Gasteiger partial charge >= 0.3 is 0 Å². The number of nitrogens with one attached hydrogen (secondary N) is 1. The molecule has 0 saturated heterocycles. The van der Waals surface area contributed by atoms with Crippen molar-refractivity contribution in [3.8, 4) is 0 Å². The molecule has 0 fully saturated rings. The summed E-state index contributed by atoms with van der Waals surface area (Å²) in [4.78, 5) is 2.63. The molecule has 0 amide bonds. The van der Waals surface area contributed by atoms with Crippen LogP contribution in [0.2, 0.25) is 0 Å². The first-order chi connectivity index (χ1) is 14.7. The Morgan fingerprint density at radius 1 is 0.600 bits per heavy atom. The van der Waals surface area contributed by atoms with Crippen LogP contribution in [0, 0.1) is 0 Å². The second kappa shape index (κ2) is 8.04. The maximum atomic E-state index is 3.71. The fraction of sp³-hybridized carbons (Fsp3) is 0.143. The van der Waals surface area contributed by atoms with E-state index in [2.05, 4.69) is 116 Å². The van der Waals surface area contributed by atoms with Gasteiger partial charge in [-0.1, -0.05) is 104 Å². The molecule has 4 aromatic rings. The van der Waals surface area contributed by atoms with Gasteiger partial charge in [0.1, 0.15) is 0 Å². The SMILES string of the molecule is CC(c1ccccc1)c1cc2c(c(C(C)c3ccccc3)c1)Sc1ccccc1N2. The molecule has 1 aliphatic heterocycles. The van der Waals surface area contributed by atoms with E-state index in [9.17, 15) is 0 Å². The molecule has 5 rings (SSSR count). The standard InChI is InChI=1S/C28H25NS/c1-19(21-11-5-3-6-12-21)23-17-24(20(2)22-13-7-4-8-14-22)28-26(18-23)29-25-15-9-10-16-27(25)30-28/h3-20,29H,1-2H3. The summed E-state index contributed by atoms with van der Waals surface area (Å²) in [5, 5.41) is 3.71. The summed E-state index contributed by atoms with van der Waals surface area (Å²) in [6.45, 7) is 4.63. The highest BCUT2D eigenvalue weighted by atomic mass is 32.2. The molecule has 0 radical (unpaired) electrons. The van der Waals surface area contributed by atoms with Gasteiger partial charge in [-0.15, -0.1) is 0 Å². The zero-order valence-corrected chi connectivity index (χ0v) is 18.1. The summed E-state index contributed by atoms with van der Waals surface area (Å²) in [5.41, 5.74) is 7.85. The van der Waals surface area contributed by atoms with Gasteiger partial charge in [0.05, 0.1) is 11.4 Å². The number of benzene rings is 4. The normalized spacial score (nSPS) is 14.2. The fourth-order valence-electron chi connectivity index (χ4n) is 4.22. The Morgan fingerprint density at radius 3 is 1.90 bits per heavy atom. The number of rotatable bonds is 4. The Morgan fingerprint density at radius 2 is 1.20 bits per heavy atom. The van der Waals surface area contributed by atoms with Crippen molar-refractivity contribution in [3.05, 3.63) is 119 Å². The monoisotopic (exact) mass is 407 g/mol. The number of hydrogen-bond donors (Lipinski definition) is 1. The number of hydrogen-bond acceptors (Lipinski definition) is 2. The van der Waals surface area contributed by atoms with E-state index in [0.29, 0.717) is 11.8 Å². The van der Waals surface area contributed by atoms with E-state index in [1.165, 1.54) is 43.4 Å². The van der Waals surface area contributed by atoms with Crippen LogP contribution in [0.25, 0.3) is 0 Å². The van der Waals surface area contributed by atoms with Gasteiger partial charge in [0.15, 0.2) is 0 Å². The van der Waals surface area contributed by atoms with E-state index in [1.54, 1.807) is 0 Å². The van der Waals surface area contributed by atoms with Crippen molar-refractivity contribution in [3.63, 3.8) is 0 Å². The van der Waals surface area contributed by atoms with Crippen LogP contribution in [0.5, 0.6) is 0 Å². The minimum atomic E-state index is 0.322. The second-order valence-electron chi connectivity index (χ2n) is 7.97. The van der Waals surface area contributed by atoms with E-state index in [4.69, 9.17) is 0 Å². The molecule has 4 aromatic carbocycles. The first-order valence-corrected chi connectivity index (χ1v) is 11.3.